The van der Waals surface area contributed by atoms with Gasteiger partial charge in [-0.2, -0.15) is 0 Å². The largest absolute Gasteiger partial charge is 0.354 e. The number of nitrogens with zero attached hydrogens (tertiary/aromatic N) is 1. The molecule has 0 aliphatic heterocycles. The van der Waals surface area contributed by atoms with Crippen molar-refractivity contribution in [3.63, 3.8) is 0 Å². The fourth-order valence-electron chi connectivity index (χ4n) is 1.48. The molecule has 0 spiro atoms. The molecule has 4 heteroatoms. The van der Waals surface area contributed by atoms with Gasteiger partial charge in [0.2, 0.25) is 0 Å². The minimum atomic E-state index is -0.533. The lowest BCUT2D eigenvalue weighted by molar-refractivity contribution is -0.147. The first kappa shape index (κ1) is 13.1. The van der Waals surface area contributed by atoms with Crippen LogP contribution in [0.5, 0.6) is 0 Å². The molecule has 0 unspecified atom stereocenters. The zero-order valence-electron chi connectivity index (χ0n) is 9.94. The van der Waals surface area contributed by atoms with E-state index >= 15 is 0 Å². The summed E-state index contributed by atoms with van der Waals surface area (Å²) in [7, 11) is 2.99. The summed E-state index contributed by atoms with van der Waals surface area (Å²) >= 11 is 0. The first-order valence-electron chi connectivity index (χ1n) is 5.17. The van der Waals surface area contributed by atoms with Crippen LogP contribution in [0.2, 0.25) is 0 Å². The summed E-state index contributed by atoms with van der Waals surface area (Å²) in [5.41, 5.74) is 2.06. The summed E-state index contributed by atoms with van der Waals surface area (Å²) in [6.45, 7) is 2.32. The highest BCUT2D eigenvalue weighted by Gasteiger charge is 2.12. The van der Waals surface area contributed by atoms with E-state index < -0.39 is 6.29 Å². The molecule has 1 aromatic carbocycles. The smallest absolute Gasteiger partial charge is 0.171 e. The highest BCUT2D eigenvalue weighted by molar-refractivity contribution is 5.21. The van der Waals surface area contributed by atoms with Crippen molar-refractivity contribution >= 4 is 0 Å². The number of aryl methyl sites for hydroxylation is 1. The monoisotopic (exact) mass is 227 g/mol. The van der Waals surface area contributed by atoms with Crippen LogP contribution in [0.4, 0.5) is 4.48 Å². The second-order valence-electron chi connectivity index (χ2n) is 3.69. The first-order chi connectivity index (χ1) is 7.65. The average Bonchev–Trinajstić information content (AvgIpc) is 2.26. The number of hydrogen-bond donors (Lipinski definition) is 0. The van der Waals surface area contributed by atoms with Crippen molar-refractivity contribution in [1.29, 1.82) is 0 Å². The molecule has 0 saturated carbocycles. The second-order valence-corrected chi connectivity index (χ2v) is 3.69. The third-order valence-electron chi connectivity index (χ3n) is 2.31. The highest BCUT2D eigenvalue weighted by Crippen LogP contribution is 2.09. The molecule has 3 nitrogen and oxygen atoms in total. The van der Waals surface area contributed by atoms with Crippen molar-refractivity contribution in [3.8, 4) is 0 Å². The third-order valence-corrected chi connectivity index (χ3v) is 2.31. The normalized spacial score (nSPS) is 11.4. The minimum Gasteiger partial charge on any atom is -0.354 e. The van der Waals surface area contributed by atoms with Gasteiger partial charge in [-0.25, -0.2) is 0 Å². The minimum absolute atomic E-state index is 0.0982. The molecule has 0 atom stereocenters. The van der Waals surface area contributed by atoms with Gasteiger partial charge in [-0.05, 0) is 12.5 Å². The van der Waals surface area contributed by atoms with E-state index in [2.05, 4.69) is 0 Å². The maximum Gasteiger partial charge on any atom is 0.171 e. The predicted molar refractivity (Wildman–Crippen MR) is 60.5 cm³/mol. The van der Waals surface area contributed by atoms with E-state index in [-0.39, 0.29) is 13.1 Å². The molecule has 0 aromatic heterocycles. The van der Waals surface area contributed by atoms with Gasteiger partial charge in [-0.1, -0.05) is 29.8 Å². The van der Waals surface area contributed by atoms with Crippen molar-refractivity contribution in [2.45, 2.75) is 19.8 Å². The number of ether oxygens (including phenoxy) is 2. The van der Waals surface area contributed by atoms with E-state index in [0.29, 0.717) is 5.12 Å². The maximum atomic E-state index is 13.5. The molecule has 0 aliphatic rings. The van der Waals surface area contributed by atoms with Gasteiger partial charge >= 0.3 is 0 Å². The van der Waals surface area contributed by atoms with Crippen LogP contribution < -0.4 is 0 Å². The fraction of sp³-hybridized carbons (Fsp3) is 0.500. The van der Waals surface area contributed by atoms with Gasteiger partial charge in [-0.15, -0.1) is 9.60 Å². The highest BCUT2D eigenvalue weighted by atomic mass is 19.2. The van der Waals surface area contributed by atoms with Crippen molar-refractivity contribution in [2.24, 2.45) is 0 Å². The van der Waals surface area contributed by atoms with Crippen molar-refractivity contribution in [3.05, 3.63) is 35.4 Å². The van der Waals surface area contributed by atoms with Crippen LogP contribution in [0.1, 0.15) is 11.1 Å². The molecule has 0 radical (unpaired) electrons. The Bertz CT molecular complexity index is 316. The Balaban J connectivity index is 2.47. The number of methoxy groups -OCH3 is 2. The van der Waals surface area contributed by atoms with Crippen LogP contribution >= 0.6 is 0 Å². The van der Waals surface area contributed by atoms with Crippen LogP contribution in [-0.4, -0.2) is 32.2 Å². The van der Waals surface area contributed by atoms with Crippen molar-refractivity contribution < 1.29 is 14.0 Å². The predicted octanol–water partition coefficient (Wildman–Crippen LogP) is 2.30. The molecule has 90 valence electrons. The van der Waals surface area contributed by atoms with Crippen LogP contribution in [0.25, 0.3) is 0 Å². The number of hydrogen-bond acceptors (Lipinski definition) is 3. The standard InChI is InChI=1S/C12H18FNO2/c1-10-5-4-6-11(7-10)8-14(13)9-12(15-2)16-3/h4-7,12H,8-9H2,1-3H3. The van der Waals surface area contributed by atoms with E-state index in [0.717, 1.165) is 11.1 Å². The average molecular weight is 227 g/mol. The zero-order chi connectivity index (χ0) is 12.0. The van der Waals surface area contributed by atoms with Gasteiger partial charge in [0.15, 0.2) is 6.29 Å². The number of halogens is 1. The summed E-state index contributed by atoms with van der Waals surface area (Å²) in [4.78, 5) is 0. The van der Waals surface area contributed by atoms with E-state index in [1.54, 1.807) is 0 Å². The Morgan fingerprint density at radius 1 is 1.31 bits per heavy atom. The number of rotatable bonds is 6. The SMILES string of the molecule is COC(CN(F)Cc1cccc(C)c1)OC. The van der Waals surface area contributed by atoms with Gasteiger partial charge in [0.05, 0.1) is 13.1 Å². The van der Waals surface area contributed by atoms with Crippen LogP contribution in [0.3, 0.4) is 0 Å². The van der Waals surface area contributed by atoms with Gasteiger partial charge < -0.3 is 9.47 Å². The quantitative estimate of drug-likeness (QED) is 0.550. The fourth-order valence-corrected chi connectivity index (χ4v) is 1.48. The van der Waals surface area contributed by atoms with Crippen molar-refractivity contribution in [2.75, 3.05) is 20.8 Å². The topological polar surface area (TPSA) is 21.7 Å². The second kappa shape index (κ2) is 6.58. The van der Waals surface area contributed by atoms with Gasteiger partial charge in [0.1, 0.15) is 0 Å². The van der Waals surface area contributed by atoms with Gasteiger partial charge in [0.25, 0.3) is 0 Å². The molecule has 1 rings (SSSR count). The molecule has 0 N–H and O–H groups in total. The van der Waals surface area contributed by atoms with E-state index in [1.807, 2.05) is 31.2 Å². The van der Waals surface area contributed by atoms with Gasteiger partial charge in [0, 0.05) is 14.2 Å². The summed E-state index contributed by atoms with van der Waals surface area (Å²) in [6, 6.07) is 7.76. The Labute approximate surface area is 95.7 Å². The molecular formula is C12H18FNO2. The lowest BCUT2D eigenvalue weighted by Crippen LogP contribution is -2.28. The Kier molecular flexibility index (Phi) is 5.38. The maximum absolute atomic E-state index is 13.5. The molecule has 1 aromatic rings. The van der Waals surface area contributed by atoms with Crippen LogP contribution in [0, 0.1) is 6.92 Å². The molecule has 0 saturated heterocycles. The van der Waals surface area contributed by atoms with Crippen LogP contribution in [0.15, 0.2) is 24.3 Å². The van der Waals surface area contributed by atoms with E-state index in [4.69, 9.17) is 9.47 Å². The van der Waals surface area contributed by atoms with E-state index in [9.17, 15) is 4.48 Å². The molecule has 0 fully saturated rings. The zero-order valence-corrected chi connectivity index (χ0v) is 9.94. The first-order valence-corrected chi connectivity index (χ1v) is 5.17. The Morgan fingerprint density at radius 3 is 2.56 bits per heavy atom. The van der Waals surface area contributed by atoms with Crippen molar-refractivity contribution in [1.82, 2.24) is 5.12 Å². The Morgan fingerprint density at radius 2 is 2.00 bits per heavy atom. The lowest BCUT2D eigenvalue weighted by atomic mass is 10.1. The molecule has 16 heavy (non-hydrogen) atoms. The van der Waals surface area contributed by atoms with E-state index in [1.165, 1.54) is 14.2 Å². The molecule has 0 amide bonds. The van der Waals surface area contributed by atoms with Crippen LogP contribution in [-0.2, 0) is 16.0 Å². The summed E-state index contributed by atoms with van der Waals surface area (Å²) < 4.78 is 23.4. The van der Waals surface area contributed by atoms with Gasteiger partial charge in [-0.3, -0.25) is 0 Å². The number of benzene rings is 1. The lowest BCUT2D eigenvalue weighted by Gasteiger charge is -2.18. The molecule has 0 bridgehead atoms. The summed E-state index contributed by atoms with van der Waals surface area (Å²) in [6.07, 6.45) is -0.533. The third kappa shape index (κ3) is 4.26. The molecule has 0 aliphatic carbocycles. The molecule has 0 heterocycles. The summed E-state index contributed by atoms with van der Waals surface area (Å²) in [5, 5.41) is 0.687. The summed E-state index contributed by atoms with van der Waals surface area (Å²) in [5.74, 6) is 0. The Hall–Kier alpha value is -0.970. The molecular weight excluding hydrogens is 209 g/mol.